The van der Waals surface area contributed by atoms with Crippen LogP contribution in [0.4, 0.5) is 19.7 Å². The molecular formula is C25H24F2N7O3S+. The first-order valence-electron chi connectivity index (χ1n) is 11.4. The fraction of sp³-hybridized carbons (Fsp3) is 0.280. The molecule has 0 aliphatic heterocycles. The van der Waals surface area contributed by atoms with Crippen molar-refractivity contribution in [2.24, 2.45) is 11.7 Å². The summed E-state index contributed by atoms with van der Waals surface area (Å²) in [4.78, 5) is 26.3. The molecule has 0 unspecified atom stereocenters. The molecule has 13 heteroatoms. The van der Waals surface area contributed by atoms with E-state index in [1.54, 1.807) is 6.20 Å². The van der Waals surface area contributed by atoms with Gasteiger partial charge in [0.2, 0.25) is 0 Å². The second-order valence-electron chi connectivity index (χ2n) is 8.28. The van der Waals surface area contributed by atoms with Gasteiger partial charge in [-0.05, 0) is 18.9 Å². The van der Waals surface area contributed by atoms with Gasteiger partial charge in [-0.25, -0.2) is 18.3 Å². The van der Waals surface area contributed by atoms with E-state index >= 15 is 0 Å². The summed E-state index contributed by atoms with van der Waals surface area (Å²) in [5.74, 6) is 6.29. The van der Waals surface area contributed by atoms with E-state index in [0.717, 1.165) is 25.1 Å². The number of anilines is 1. The molecule has 1 amide bonds. The van der Waals surface area contributed by atoms with Crippen LogP contribution in [0.3, 0.4) is 0 Å². The average Bonchev–Trinajstić information content (AvgIpc) is 3.63. The summed E-state index contributed by atoms with van der Waals surface area (Å²) >= 11 is 1.22. The minimum absolute atomic E-state index is 0.0652. The van der Waals surface area contributed by atoms with E-state index in [4.69, 9.17) is 20.6 Å². The zero-order chi connectivity index (χ0) is 27.4. The van der Waals surface area contributed by atoms with Crippen molar-refractivity contribution in [3.8, 4) is 28.7 Å². The smallest absolute Gasteiger partial charge is 0.396 e. The van der Waals surface area contributed by atoms with E-state index in [1.807, 2.05) is 0 Å². The van der Waals surface area contributed by atoms with Crippen LogP contribution in [0, 0.1) is 23.2 Å². The molecule has 1 fully saturated rings. The predicted octanol–water partition coefficient (Wildman–Crippen LogP) is 4.16. The Labute approximate surface area is 221 Å². The van der Waals surface area contributed by atoms with E-state index in [-0.39, 0.29) is 40.2 Å². The van der Waals surface area contributed by atoms with Crippen LogP contribution in [0.2, 0.25) is 0 Å². The number of aromatic nitrogens is 3. The molecule has 1 aliphatic carbocycles. The number of hydrogen-bond donors (Lipinski definition) is 3. The van der Waals surface area contributed by atoms with Gasteiger partial charge < -0.3 is 9.47 Å². The molecule has 3 aromatic rings. The highest BCUT2D eigenvalue weighted by Gasteiger charge is 2.24. The highest BCUT2D eigenvalue weighted by Crippen LogP contribution is 2.36. The molecule has 38 heavy (non-hydrogen) atoms. The first-order chi connectivity index (χ1) is 18.2. The second-order valence-corrected chi connectivity index (χ2v) is 9.31. The summed E-state index contributed by atoms with van der Waals surface area (Å²) in [7, 11) is 2.90. The fourth-order valence-electron chi connectivity index (χ4n) is 3.28. The zero-order valence-electron chi connectivity index (χ0n) is 20.7. The Hall–Kier alpha value is -4.44. The Morgan fingerprint density at radius 3 is 2.66 bits per heavy atom. The van der Waals surface area contributed by atoms with E-state index in [0.29, 0.717) is 15.9 Å². The van der Waals surface area contributed by atoms with Gasteiger partial charge in [0.05, 0.1) is 37.0 Å². The number of thiazole rings is 1. The van der Waals surface area contributed by atoms with E-state index in [2.05, 4.69) is 32.1 Å². The van der Waals surface area contributed by atoms with Crippen LogP contribution in [0.15, 0.2) is 30.7 Å². The number of alkyl halides is 2. The maximum Gasteiger partial charge on any atom is 0.396 e. The Bertz CT molecular complexity index is 1490. The first kappa shape index (κ1) is 26.6. The molecular weight excluding hydrogens is 516 g/mol. The van der Waals surface area contributed by atoms with Crippen LogP contribution in [0.5, 0.6) is 5.75 Å². The molecule has 3 heterocycles. The molecule has 10 nitrogen and oxygen atoms in total. The molecule has 0 spiro atoms. The van der Waals surface area contributed by atoms with Crippen molar-refractivity contribution in [2.75, 3.05) is 19.5 Å². The summed E-state index contributed by atoms with van der Waals surface area (Å²) in [5, 5.41) is 10.5. The highest BCUT2D eigenvalue weighted by atomic mass is 32.1. The number of pyridine rings is 2. The third kappa shape index (κ3) is 6.27. The van der Waals surface area contributed by atoms with Gasteiger partial charge in [-0.1, -0.05) is 23.2 Å². The van der Waals surface area contributed by atoms with Crippen LogP contribution in [-0.2, 0) is 4.74 Å². The summed E-state index contributed by atoms with van der Waals surface area (Å²) < 4.78 is 38.9. The highest BCUT2D eigenvalue weighted by molar-refractivity contribution is 7.16. The Morgan fingerprint density at radius 2 is 2.00 bits per heavy atom. The molecule has 1 aliphatic rings. The molecule has 0 radical (unpaired) electrons. The topological polar surface area (TPSA) is 139 Å². The van der Waals surface area contributed by atoms with E-state index in [9.17, 15) is 13.6 Å². The lowest BCUT2D eigenvalue weighted by Crippen LogP contribution is -2.28. The number of nitrogens with one attached hydrogen (secondary N) is 2. The van der Waals surface area contributed by atoms with E-state index < -0.39 is 18.0 Å². The van der Waals surface area contributed by atoms with Gasteiger partial charge in [0.1, 0.15) is 17.6 Å². The van der Waals surface area contributed by atoms with Crippen molar-refractivity contribution in [3.63, 3.8) is 0 Å². The number of methoxy groups -OCH3 is 1. The van der Waals surface area contributed by atoms with Crippen LogP contribution in [0.25, 0.3) is 11.1 Å². The van der Waals surface area contributed by atoms with Crippen molar-refractivity contribution in [3.05, 3.63) is 46.9 Å². The number of halogens is 2. The number of nitrogens with zero attached hydrogens (tertiary/aromatic N) is 4. The average molecular weight is 541 g/mol. The predicted molar refractivity (Wildman–Crippen MR) is 138 cm³/mol. The Morgan fingerprint density at radius 1 is 1.24 bits per heavy atom. The third-order valence-corrected chi connectivity index (χ3v) is 6.22. The van der Waals surface area contributed by atoms with Crippen LogP contribution < -0.4 is 15.8 Å². The molecule has 0 saturated heterocycles. The first-order valence-corrected chi connectivity index (χ1v) is 12.2. The summed E-state index contributed by atoms with van der Waals surface area (Å²) in [5.41, 5.74) is 5.91. The van der Waals surface area contributed by atoms with Gasteiger partial charge in [0, 0.05) is 30.0 Å². The van der Waals surface area contributed by atoms with Crippen molar-refractivity contribution < 1.29 is 27.6 Å². The zero-order valence-corrected chi connectivity index (χ0v) is 21.5. The number of rotatable bonds is 6. The fourth-order valence-corrected chi connectivity index (χ4v) is 3.95. The lowest BCUT2D eigenvalue weighted by molar-refractivity contribution is -0.419. The minimum atomic E-state index is -2.85. The van der Waals surface area contributed by atoms with Gasteiger partial charge in [0.25, 0.3) is 18.2 Å². The quantitative estimate of drug-likeness (QED) is 0.185. The van der Waals surface area contributed by atoms with Gasteiger partial charge in [-0.15, -0.1) is 4.98 Å². The lowest BCUT2D eigenvalue weighted by Gasteiger charge is -2.14. The maximum atomic E-state index is 13.5. The van der Waals surface area contributed by atoms with Gasteiger partial charge >= 0.3 is 6.02 Å². The molecule has 0 aromatic carbocycles. The molecule has 0 atom stereocenters. The van der Waals surface area contributed by atoms with E-state index in [1.165, 1.54) is 49.3 Å². The normalized spacial score (nSPS) is 13.3. The molecule has 3 aromatic heterocycles. The third-order valence-electron chi connectivity index (χ3n) is 5.39. The minimum Gasteiger partial charge on any atom is -0.494 e. The van der Waals surface area contributed by atoms with Crippen molar-refractivity contribution in [1.29, 1.82) is 5.41 Å². The Kier molecular flexibility index (Phi) is 7.92. The number of carbonyl (C=O) groups is 1. The molecule has 4 rings (SSSR count). The maximum absolute atomic E-state index is 13.5. The Balaban J connectivity index is 1.77. The summed E-state index contributed by atoms with van der Waals surface area (Å²) in [6.07, 6.45) is 3.37. The van der Waals surface area contributed by atoms with Gasteiger partial charge in [-0.2, -0.15) is 0 Å². The van der Waals surface area contributed by atoms with Crippen LogP contribution in [-0.4, -0.2) is 51.5 Å². The number of carbonyl (C=O) groups excluding carboxylic acids is 1. The van der Waals surface area contributed by atoms with Crippen molar-refractivity contribution >= 4 is 40.1 Å². The molecule has 196 valence electrons. The van der Waals surface area contributed by atoms with Gasteiger partial charge in [0.15, 0.2) is 11.0 Å². The lowest BCUT2D eigenvalue weighted by atomic mass is 10.00. The number of nitrogens with two attached hydrogens (primary N) is 1. The molecule has 4 N–H and O–H groups in total. The number of amidine groups is 1. The summed E-state index contributed by atoms with van der Waals surface area (Å²) in [6.45, 7) is 1.41. The second kappa shape index (κ2) is 11.3. The number of amides is 1. The van der Waals surface area contributed by atoms with Crippen LogP contribution in [0.1, 0.15) is 47.1 Å². The standard InChI is InChI=1S/C25H23F2N7O3S/c1-13(28)37-24(29)34(2)21-9-16(17-8-19(22(26)27)30-12-20(17)36-3)18(11-31-21)23(35)33-25-32-10-15(38-25)7-6-14-4-5-14/h8-12,14,22,28-29H,4-5H2,1-3H3,(H,32,33,35)/p+1. The van der Waals surface area contributed by atoms with Crippen molar-refractivity contribution in [2.45, 2.75) is 26.2 Å². The molecule has 1 saturated carbocycles. The molecule has 0 bridgehead atoms. The van der Waals surface area contributed by atoms with Crippen LogP contribution >= 0.6 is 11.3 Å². The van der Waals surface area contributed by atoms with Gasteiger partial charge in [-0.3, -0.25) is 26.2 Å². The summed E-state index contributed by atoms with van der Waals surface area (Å²) in [6, 6.07) is 2.48. The van der Waals surface area contributed by atoms with Crippen molar-refractivity contribution in [1.82, 2.24) is 15.0 Å². The largest absolute Gasteiger partial charge is 0.494 e. The SMILES string of the molecule is COc1cnc(C(F)F)cc1-c1cc([N+](C)=C(N)OC(C)=N)ncc1C(=O)Nc1ncc(C#CC2CC2)s1. The number of ether oxygens (including phenoxy) is 2. The monoisotopic (exact) mass is 540 g/mol. The number of hydrogen-bond acceptors (Lipinski definition) is 8.